The van der Waals surface area contributed by atoms with Gasteiger partial charge in [-0.1, -0.05) is 6.07 Å². The van der Waals surface area contributed by atoms with Gasteiger partial charge in [0, 0.05) is 18.4 Å². The molecule has 1 aromatic carbocycles. The van der Waals surface area contributed by atoms with Crippen LogP contribution in [0.1, 0.15) is 30.9 Å². The van der Waals surface area contributed by atoms with Crippen molar-refractivity contribution in [2.24, 2.45) is 0 Å². The second-order valence-corrected chi connectivity index (χ2v) is 4.21. The molecule has 3 N–H and O–H groups in total. The first-order valence-corrected chi connectivity index (χ1v) is 5.64. The molecule has 0 saturated carbocycles. The molecular weight excluding hydrogens is 220 g/mol. The highest BCUT2D eigenvalue weighted by molar-refractivity contribution is 5.79. The van der Waals surface area contributed by atoms with E-state index in [1.165, 1.54) is 6.07 Å². The van der Waals surface area contributed by atoms with Crippen molar-refractivity contribution in [1.29, 1.82) is 0 Å². The Labute approximate surface area is 101 Å². The molecule has 0 aliphatic carbocycles. The molecule has 0 heterocycles. The molecule has 4 heteroatoms. The highest BCUT2D eigenvalue weighted by Gasteiger charge is 2.07. The van der Waals surface area contributed by atoms with Gasteiger partial charge in [-0.3, -0.25) is 4.79 Å². The molecule has 1 aromatic rings. The molecule has 1 rings (SSSR count). The number of hydrogen-bond donors (Lipinski definition) is 3. The third kappa shape index (κ3) is 4.54. The van der Waals surface area contributed by atoms with E-state index in [4.69, 9.17) is 10.2 Å². The number of phenols is 1. The topological polar surface area (TPSA) is 77.8 Å². The molecule has 1 unspecified atom stereocenters. The Morgan fingerprint density at radius 3 is 2.71 bits per heavy atom. The largest absolute Gasteiger partial charge is 0.508 e. The van der Waals surface area contributed by atoms with Crippen molar-refractivity contribution in [3.63, 3.8) is 0 Å². The summed E-state index contributed by atoms with van der Waals surface area (Å²) >= 11 is 0. The number of ketones is 1. The zero-order chi connectivity index (χ0) is 12.8. The molecule has 1 atom stereocenters. The van der Waals surface area contributed by atoms with E-state index in [1.807, 2.05) is 0 Å². The molecule has 0 spiro atoms. The highest BCUT2D eigenvalue weighted by Crippen LogP contribution is 2.19. The fourth-order valence-electron chi connectivity index (χ4n) is 1.64. The molecule has 4 nitrogen and oxygen atoms in total. The number of carbonyl (C=O) groups is 1. The molecule has 0 fully saturated rings. The van der Waals surface area contributed by atoms with Crippen molar-refractivity contribution in [1.82, 2.24) is 0 Å². The average molecular weight is 238 g/mol. The second-order valence-electron chi connectivity index (χ2n) is 4.21. The van der Waals surface area contributed by atoms with Crippen LogP contribution in [-0.4, -0.2) is 27.2 Å². The van der Waals surface area contributed by atoms with Crippen LogP contribution in [0.25, 0.3) is 0 Å². The Morgan fingerprint density at radius 1 is 1.41 bits per heavy atom. The molecule has 17 heavy (non-hydrogen) atoms. The van der Waals surface area contributed by atoms with Crippen LogP contribution < -0.4 is 0 Å². The van der Waals surface area contributed by atoms with Gasteiger partial charge < -0.3 is 15.3 Å². The van der Waals surface area contributed by atoms with Gasteiger partial charge in [0.25, 0.3) is 0 Å². The SMILES string of the molecule is CC(O)CC(=O)CCc1ccc(O)c(CO)c1. The quantitative estimate of drug-likeness (QED) is 0.695. The number of aliphatic hydroxyl groups is 2. The third-order valence-corrected chi connectivity index (χ3v) is 2.53. The summed E-state index contributed by atoms with van der Waals surface area (Å²) in [7, 11) is 0. The van der Waals surface area contributed by atoms with Crippen LogP contribution in [0.4, 0.5) is 0 Å². The maximum atomic E-state index is 11.4. The monoisotopic (exact) mass is 238 g/mol. The van der Waals surface area contributed by atoms with Gasteiger partial charge in [0.05, 0.1) is 12.7 Å². The lowest BCUT2D eigenvalue weighted by molar-refractivity contribution is -0.120. The Morgan fingerprint density at radius 2 is 2.12 bits per heavy atom. The number of aromatic hydroxyl groups is 1. The lowest BCUT2D eigenvalue weighted by Crippen LogP contribution is -2.09. The van der Waals surface area contributed by atoms with E-state index in [1.54, 1.807) is 19.1 Å². The zero-order valence-electron chi connectivity index (χ0n) is 9.89. The molecule has 0 aliphatic rings. The van der Waals surface area contributed by atoms with Crippen molar-refractivity contribution in [3.05, 3.63) is 29.3 Å². The highest BCUT2D eigenvalue weighted by atomic mass is 16.3. The van der Waals surface area contributed by atoms with Gasteiger partial charge in [-0.2, -0.15) is 0 Å². The minimum atomic E-state index is -0.602. The van der Waals surface area contributed by atoms with Crippen molar-refractivity contribution >= 4 is 5.78 Å². The number of carbonyl (C=O) groups excluding carboxylic acids is 1. The van der Waals surface area contributed by atoms with Gasteiger partial charge >= 0.3 is 0 Å². The zero-order valence-corrected chi connectivity index (χ0v) is 9.89. The Bertz CT molecular complexity index is 385. The summed E-state index contributed by atoms with van der Waals surface area (Å²) < 4.78 is 0. The second kappa shape index (κ2) is 6.37. The fourth-order valence-corrected chi connectivity index (χ4v) is 1.64. The van der Waals surface area contributed by atoms with Crippen LogP contribution in [0.5, 0.6) is 5.75 Å². The van der Waals surface area contributed by atoms with E-state index < -0.39 is 6.10 Å². The van der Waals surface area contributed by atoms with Crippen LogP contribution in [0, 0.1) is 0 Å². The van der Waals surface area contributed by atoms with Crippen LogP contribution in [0.3, 0.4) is 0 Å². The average Bonchev–Trinajstić information content (AvgIpc) is 2.27. The summed E-state index contributed by atoms with van der Waals surface area (Å²) in [6, 6.07) is 4.93. The molecule has 0 aliphatic heterocycles. The first-order valence-electron chi connectivity index (χ1n) is 5.64. The molecule has 94 valence electrons. The lowest BCUT2D eigenvalue weighted by atomic mass is 10.0. The maximum Gasteiger partial charge on any atom is 0.135 e. The molecule has 0 saturated heterocycles. The molecule has 0 radical (unpaired) electrons. The molecule has 0 amide bonds. The predicted octanol–water partition coefficient (Wildman–Crippen LogP) is 1.16. The van der Waals surface area contributed by atoms with Gasteiger partial charge in [-0.15, -0.1) is 0 Å². The van der Waals surface area contributed by atoms with Gasteiger partial charge in [0.2, 0.25) is 0 Å². The fraction of sp³-hybridized carbons (Fsp3) is 0.462. The Hall–Kier alpha value is -1.39. The minimum absolute atomic E-state index is 0.0126. The van der Waals surface area contributed by atoms with Crippen LogP contribution >= 0.6 is 0 Å². The van der Waals surface area contributed by atoms with E-state index in [-0.39, 0.29) is 24.6 Å². The number of hydrogen-bond acceptors (Lipinski definition) is 4. The van der Waals surface area contributed by atoms with Crippen molar-refractivity contribution < 1.29 is 20.1 Å². The molecular formula is C13H18O4. The summed E-state index contributed by atoms with van der Waals surface area (Å²) in [6.45, 7) is 1.36. The van der Waals surface area contributed by atoms with E-state index in [0.29, 0.717) is 18.4 Å². The number of Topliss-reactive ketones (excluding diaryl/α,β-unsaturated/α-hetero) is 1. The van der Waals surface area contributed by atoms with E-state index in [0.717, 1.165) is 5.56 Å². The van der Waals surface area contributed by atoms with Crippen LogP contribution in [0.15, 0.2) is 18.2 Å². The van der Waals surface area contributed by atoms with Crippen molar-refractivity contribution in [2.75, 3.05) is 0 Å². The first kappa shape index (κ1) is 13.7. The lowest BCUT2D eigenvalue weighted by Gasteiger charge is -2.06. The Balaban J connectivity index is 2.55. The summed E-state index contributed by atoms with van der Waals surface area (Å²) in [4.78, 5) is 11.4. The van der Waals surface area contributed by atoms with Gasteiger partial charge in [0.1, 0.15) is 11.5 Å². The Kier molecular flexibility index (Phi) is 5.12. The smallest absolute Gasteiger partial charge is 0.135 e. The standard InChI is InChI=1S/C13H18O4/c1-9(15)6-12(16)4-2-10-3-5-13(17)11(7-10)8-14/h3,5,7,9,14-15,17H,2,4,6,8H2,1H3. The van der Waals surface area contributed by atoms with Gasteiger partial charge in [-0.25, -0.2) is 0 Å². The maximum absolute atomic E-state index is 11.4. The first-order chi connectivity index (χ1) is 8.02. The van der Waals surface area contributed by atoms with Gasteiger partial charge in [0.15, 0.2) is 0 Å². The van der Waals surface area contributed by atoms with Gasteiger partial charge in [-0.05, 0) is 31.0 Å². The van der Waals surface area contributed by atoms with E-state index in [9.17, 15) is 9.90 Å². The number of rotatable bonds is 6. The normalized spacial score (nSPS) is 12.4. The number of benzene rings is 1. The van der Waals surface area contributed by atoms with Crippen LogP contribution in [-0.2, 0) is 17.8 Å². The third-order valence-electron chi connectivity index (χ3n) is 2.53. The molecule has 0 bridgehead atoms. The van der Waals surface area contributed by atoms with E-state index in [2.05, 4.69) is 0 Å². The number of aliphatic hydroxyl groups excluding tert-OH is 2. The predicted molar refractivity (Wildman–Crippen MR) is 63.7 cm³/mol. The summed E-state index contributed by atoms with van der Waals surface area (Å²) in [5.41, 5.74) is 1.36. The molecule has 0 aromatic heterocycles. The van der Waals surface area contributed by atoms with Crippen molar-refractivity contribution in [2.45, 2.75) is 38.9 Å². The number of aryl methyl sites for hydroxylation is 1. The van der Waals surface area contributed by atoms with Crippen molar-refractivity contribution in [3.8, 4) is 5.75 Å². The summed E-state index contributed by atoms with van der Waals surface area (Å²) in [5.74, 6) is 0.0742. The van der Waals surface area contributed by atoms with Crippen LogP contribution in [0.2, 0.25) is 0 Å². The minimum Gasteiger partial charge on any atom is -0.508 e. The summed E-state index contributed by atoms with van der Waals surface area (Å²) in [5, 5.41) is 27.4. The summed E-state index contributed by atoms with van der Waals surface area (Å²) in [6.07, 6.45) is 0.486. The van der Waals surface area contributed by atoms with E-state index >= 15 is 0 Å².